The van der Waals surface area contributed by atoms with Crippen molar-refractivity contribution in [2.45, 2.75) is 24.4 Å². The molecule has 0 saturated heterocycles. The number of hydrogen-bond donors (Lipinski definition) is 1. The van der Waals surface area contributed by atoms with Crippen LogP contribution in [0.15, 0.2) is 38.4 Å². The van der Waals surface area contributed by atoms with Gasteiger partial charge in [-0.05, 0) is 19.1 Å². The van der Waals surface area contributed by atoms with Gasteiger partial charge in [-0.1, -0.05) is 34.6 Å². The lowest BCUT2D eigenvalue weighted by molar-refractivity contribution is 0.414. The highest BCUT2D eigenvalue weighted by Gasteiger charge is 2.11. The van der Waals surface area contributed by atoms with E-state index in [1.54, 1.807) is 0 Å². The molecule has 3 rings (SSSR count). The lowest BCUT2D eigenvalue weighted by atomic mass is 10.1. The number of nitrogens with two attached hydrogens (primary N) is 1. The molecule has 0 aliphatic rings. The van der Waals surface area contributed by atoms with Crippen LogP contribution in [-0.2, 0) is 12.3 Å². The molecule has 2 heterocycles. The first-order valence-corrected chi connectivity index (χ1v) is 7.28. The number of hydrogen-bond acceptors (Lipinski definition) is 8. The Morgan fingerprint density at radius 1 is 1.19 bits per heavy atom. The van der Waals surface area contributed by atoms with Crippen molar-refractivity contribution in [2.75, 3.05) is 0 Å². The lowest BCUT2D eigenvalue weighted by Gasteiger charge is -1.94. The van der Waals surface area contributed by atoms with Crippen molar-refractivity contribution < 1.29 is 8.94 Å². The molecular weight excluding hydrogens is 290 g/mol. The molecule has 0 saturated carbocycles. The van der Waals surface area contributed by atoms with Crippen molar-refractivity contribution in [1.29, 1.82) is 0 Å². The van der Waals surface area contributed by atoms with Gasteiger partial charge in [-0.15, -0.1) is 10.2 Å². The maximum absolute atomic E-state index is 5.40. The molecule has 8 heteroatoms. The predicted molar refractivity (Wildman–Crippen MR) is 76.2 cm³/mol. The van der Waals surface area contributed by atoms with Crippen molar-refractivity contribution in [2.24, 2.45) is 5.73 Å². The third-order valence-electron chi connectivity index (χ3n) is 2.71. The summed E-state index contributed by atoms with van der Waals surface area (Å²) < 4.78 is 10.5. The van der Waals surface area contributed by atoms with Crippen molar-refractivity contribution in [3.05, 3.63) is 41.5 Å². The van der Waals surface area contributed by atoms with Gasteiger partial charge in [0.05, 0.1) is 12.3 Å². The minimum atomic E-state index is 0.230. The Kier molecular flexibility index (Phi) is 3.98. The fourth-order valence-corrected chi connectivity index (χ4v) is 2.25. The summed E-state index contributed by atoms with van der Waals surface area (Å²) in [5.41, 5.74) is 7.48. The first-order valence-electron chi connectivity index (χ1n) is 6.29. The molecule has 3 aromatic rings. The third-order valence-corrected chi connectivity index (χ3v) is 3.53. The summed E-state index contributed by atoms with van der Waals surface area (Å²) in [4.78, 5) is 4.34. The van der Waals surface area contributed by atoms with Crippen LogP contribution >= 0.6 is 11.8 Å². The summed E-state index contributed by atoms with van der Waals surface area (Å²) in [7, 11) is 0. The third kappa shape index (κ3) is 3.29. The molecule has 2 aromatic heterocycles. The summed E-state index contributed by atoms with van der Waals surface area (Å²) >= 11 is 1.34. The van der Waals surface area contributed by atoms with Gasteiger partial charge in [-0.2, -0.15) is 4.98 Å². The second-order valence-corrected chi connectivity index (χ2v) is 5.26. The Labute approximate surface area is 124 Å². The summed E-state index contributed by atoms with van der Waals surface area (Å²) in [6.45, 7) is 2.26. The smallest absolute Gasteiger partial charge is 0.277 e. The van der Waals surface area contributed by atoms with Gasteiger partial charge in [0.15, 0.2) is 5.82 Å². The summed E-state index contributed by atoms with van der Waals surface area (Å²) in [5, 5.41) is 12.0. The van der Waals surface area contributed by atoms with E-state index in [1.807, 2.05) is 31.2 Å². The Morgan fingerprint density at radius 3 is 2.71 bits per heavy atom. The van der Waals surface area contributed by atoms with Crippen LogP contribution in [0.1, 0.15) is 17.3 Å². The topological polar surface area (TPSA) is 104 Å². The van der Waals surface area contributed by atoms with Crippen LogP contribution in [0.25, 0.3) is 11.5 Å². The van der Waals surface area contributed by atoms with Crippen molar-refractivity contribution in [1.82, 2.24) is 20.3 Å². The first-order chi connectivity index (χ1) is 10.2. The van der Waals surface area contributed by atoms with Gasteiger partial charge < -0.3 is 14.7 Å². The van der Waals surface area contributed by atoms with E-state index in [0.29, 0.717) is 28.6 Å². The van der Waals surface area contributed by atoms with Crippen LogP contribution in [0.2, 0.25) is 0 Å². The molecule has 0 fully saturated rings. The normalized spacial score (nSPS) is 11.0. The van der Waals surface area contributed by atoms with Gasteiger partial charge in [-0.25, -0.2) is 0 Å². The van der Waals surface area contributed by atoms with Crippen LogP contribution in [0.4, 0.5) is 0 Å². The molecule has 0 radical (unpaired) electrons. The maximum Gasteiger partial charge on any atom is 0.277 e. The quantitative estimate of drug-likeness (QED) is 0.715. The molecule has 0 atom stereocenters. The number of thioether (sulfide) groups is 1. The average Bonchev–Trinajstić information content (AvgIpc) is 3.15. The zero-order valence-corrected chi connectivity index (χ0v) is 12.1. The van der Waals surface area contributed by atoms with Gasteiger partial charge in [-0.3, -0.25) is 0 Å². The van der Waals surface area contributed by atoms with Gasteiger partial charge in [0.1, 0.15) is 0 Å². The summed E-state index contributed by atoms with van der Waals surface area (Å²) in [6.07, 6.45) is 0. The minimum absolute atomic E-state index is 0.230. The van der Waals surface area contributed by atoms with E-state index in [1.165, 1.54) is 17.3 Å². The van der Waals surface area contributed by atoms with Crippen LogP contribution in [0, 0.1) is 6.92 Å². The fraction of sp³-hybridized carbons (Fsp3) is 0.231. The highest BCUT2D eigenvalue weighted by Crippen LogP contribution is 2.22. The van der Waals surface area contributed by atoms with E-state index >= 15 is 0 Å². The lowest BCUT2D eigenvalue weighted by Crippen LogP contribution is -1.95. The van der Waals surface area contributed by atoms with Crippen LogP contribution in [0.5, 0.6) is 0 Å². The SMILES string of the molecule is Cc1ccc(-c2nc(CSc3nnc(CN)o3)no2)cc1. The Bertz CT molecular complexity index is 722. The van der Waals surface area contributed by atoms with Crippen LogP contribution < -0.4 is 5.73 Å². The van der Waals surface area contributed by atoms with E-state index in [9.17, 15) is 0 Å². The summed E-state index contributed by atoms with van der Waals surface area (Å²) in [5.74, 6) is 1.97. The van der Waals surface area contributed by atoms with Crippen molar-refractivity contribution in [3.8, 4) is 11.5 Å². The standard InChI is InChI=1S/C13H13N5O2S/c1-8-2-4-9(5-3-8)12-15-10(18-20-12)7-21-13-17-16-11(6-14)19-13/h2-5H,6-7,14H2,1H3. The molecule has 0 unspecified atom stereocenters. The molecule has 21 heavy (non-hydrogen) atoms. The molecule has 0 aliphatic heterocycles. The second kappa shape index (κ2) is 6.06. The van der Waals surface area contributed by atoms with E-state index in [0.717, 1.165) is 5.56 Å². The molecule has 108 valence electrons. The van der Waals surface area contributed by atoms with Gasteiger partial charge in [0.25, 0.3) is 11.1 Å². The van der Waals surface area contributed by atoms with Gasteiger partial charge in [0.2, 0.25) is 5.89 Å². The molecule has 0 amide bonds. The monoisotopic (exact) mass is 303 g/mol. The highest BCUT2D eigenvalue weighted by molar-refractivity contribution is 7.98. The molecule has 0 spiro atoms. The first kappa shape index (κ1) is 13.8. The maximum atomic E-state index is 5.40. The van der Waals surface area contributed by atoms with E-state index in [2.05, 4.69) is 20.3 Å². The Morgan fingerprint density at radius 2 is 2.00 bits per heavy atom. The van der Waals surface area contributed by atoms with Crippen LogP contribution in [-0.4, -0.2) is 20.3 Å². The van der Waals surface area contributed by atoms with Crippen molar-refractivity contribution in [3.63, 3.8) is 0 Å². The largest absolute Gasteiger partial charge is 0.415 e. The zero-order chi connectivity index (χ0) is 14.7. The number of aromatic nitrogens is 4. The molecule has 2 N–H and O–H groups in total. The fourth-order valence-electron chi connectivity index (χ4n) is 1.63. The number of benzene rings is 1. The van der Waals surface area contributed by atoms with E-state index in [4.69, 9.17) is 14.7 Å². The van der Waals surface area contributed by atoms with Gasteiger partial charge >= 0.3 is 0 Å². The number of rotatable bonds is 5. The van der Waals surface area contributed by atoms with E-state index < -0.39 is 0 Å². The van der Waals surface area contributed by atoms with Crippen molar-refractivity contribution >= 4 is 11.8 Å². The zero-order valence-electron chi connectivity index (χ0n) is 11.3. The Hall–Kier alpha value is -2.19. The molecule has 0 bridgehead atoms. The minimum Gasteiger partial charge on any atom is -0.415 e. The predicted octanol–water partition coefficient (Wildman–Crippen LogP) is 2.18. The highest BCUT2D eigenvalue weighted by atomic mass is 32.2. The average molecular weight is 303 g/mol. The Balaban J connectivity index is 1.66. The molecule has 7 nitrogen and oxygen atoms in total. The van der Waals surface area contributed by atoms with E-state index in [-0.39, 0.29) is 6.54 Å². The second-order valence-electron chi connectivity index (χ2n) is 4.34. The molecule has 1 aromatic carbocycles. The number of nitrogens with zero attached hydrogens (tertiary/aromatic N) is 4. The van der Waals surface area contributed by atoms with Gasteiger partial charge in [0, 0.05) is 5.56 Å². The van der Waals surface area contributed by atoms with Crippen LogP contribution in [0.3, 0.4) is 0 Å². The molecule has 0 aliphatic carbocycles. The number of aryl methyl sites for hydroxylation is 1. The summed E-state index contributed by atoms with van der Waals surface area (Å²) in [6, 6.07) is 7.90. The molecular formula is C13H13N5O2S.